The van der Waals surface area contributed by atoms with Gasteiger partial charge >= 0.3 is 0 Å². The van der Waals surface area contributed by atoms with E-state index in [1.54, 1.807) is 6.07 Å². The Labute approximate surface area is 209 Å². The predicted octanol–water partition coefficient (Wildman–Crippen LogP) is 4.97. The third-order valence-electron chi connectivity index (χ3n) is 6.60. The maximum atomic E-state index is 15.1. The molecule has 0 saturated carbocycles. The average Bonchev–Trinajstić information content (AvgIpc) is 2.83. The number of nitrogens with zero attached hydrogens (tertiary/aromatic N) is 5. The normalized spacial score (nSPS) is 18.9. The molecule has 0 unspecified atom stereocenters. The van der Waals surface area contributed by atoms with Crippen molar-refractivity contribution in [3.05, 3.63) is 40.2 Å². The summed E-state index contributed by atoms with van der Waals surface area (Å²) in [5.74, 6) is -8.71. The van der Waals surface area contributed by atoms with Crippen molar-refractivity contribution >= 4 is 23.2 Å². The van der Waals surface area contributed by atoms with Gasteiger partial charge in [-0.2, -0.15) is 5.26 Å². The van der Waals surface area contributed by atoms with E-state index >= 15 is 4.39 Å². The van der Waals surface area contributed by atoms with Gasteiger partial charge in [0.15, 0.2) is 5.82 Å². The molecule has 13 heteroatoms. The number of carbonyl (C=O) groups excluding carboxylic acids is 1. The third-order valence-corrected chi connectivity index (χ3v) is 6.60. The average molecular weight is 526 g/mol. The van der Waals surface area contributed by atoms with Crippen molar-refractivity contribution in [1.29, 1.82) is 5.26 Å². The van der Waals surface area contributed by atoms with E-state index in [4.69, 9.17) is 0 Å². The summed E-state index contributed by atoms with van der Waals surface area (Å²) in [5.41, 5.74) is -1.49. The first-order valence-electron chi connectivity index (χ1n) is 11.7. The summed E-state index contributed by atoms with van der Waals surface area (Å²) in [6.45, 7) is 2.10. The highest BCUT2D eigenvalue weighted by molar-refractivity contribution is 6.08. The molecule has 0 bridgehead atoms. The minimum atomic E-state index is -2.87. The van der Waals surface area contributed by atoms with Crippen LogP contribution in [0.2, 0.25) is 0 Å². The number of halogens is 6. The number of piperidine rings is 2. The molecule has 2 aromatic heterocycles. The van der Waals surface area contributed by atoms with Crippen LogP contribution < -0.4 is 15.1 Å². The quantitative estimate of drug-likeness (QED) is 0.567. The first-order chi connectivity index (χ1) is 17.3. The molecule has 0 aliphatic carbocycles. The van der Waals surface area contributed by atoms with E-state index in [0.717, 1.165) is 6.07 Å². The van der Waals surface area contributed by atoms with E-state index in [9.17, 15) is 32.0 Å². The lowest BCUT2D eigenvalue weighted by molar-refractivity contribution is -0.0228. The van der Waals surface area contributed by atoms with Crippen LogP contribution in [-0.4, -0.2) is 53.9 Å². The molecule has 0 atom stereocenters. The highest BCUT2D eigenvalue weighted by Crippen LogP contribution is 2.36. The molecule has 4 rings (SSSR count). The van der Waals surface area contributed by atoms with Gasteiger partial charge in [0.2, 0.25) is 0 Å². The van der Waals surface area contributed by atoms with Gasteiger partial charge in [-0.1, -0.05) is 0 Å². The Morgan fingerprint density at radius 3 is 1.92 bits per heavy atom. The molecule has 1 N–H and O–H groups in total. The fourth-order valence-corrected chi connectivity index (χ4v) is 4.37. The molecular weight excluding hydrogens is 502 g/mol. The molecule has 4 heterocycles. The van der Waals surface area contributed by atoms with Gasteiger partial charge in [0.1, 0.15) is 34.8 Å². The Balaban J connectivity index is 1.70. The number of carbonyl (C=O) groups is 1. The summed E-state index contributed by atoms with van der Waals surface area (Å²) >= 11 is 0. The van der Waals surface area contributed by atoms with E-state index in [-0.39, 0.29) is 60.3 Å². The van der Waals surface area contributed by atoms with Crippen molar-refractivity contribution in [2.75, 3.05) is 41.3 Å². The van der Waals surface area contributed by atoms with Crippen LogP contribution in [0.15, 0.2) is 6.07 Å². The van der Waals surface area contributed by atoms with Crippen LogP contribution in [0.3, 0.4) is 0 Å². The number of alkyl halides is 4. The number of hydrogen-bond donors (Lipinski definition) is 1. The molecule has 0 aromatic carbocycles. The lowest BCUT2D eigenvalue weighted by atomic mass is 10.0. The van der Waals surface area contributed by atoms with E-state index in [1.807, 2.05) is 0 Å². The van der Waals surface area contributed by atoms with Gasteiger partial charge < -0.3 is 15.1 Å². The maximum Gasteiger partial charge on any atom is 0.259 e. The van der Waals surface area contributed by atoms with E-state index < -0.39 is 60.8 Å². The zero-order valence-electron chi connectivity index (χ0n) is 20.1. The standard InChI is InChI=1S/C24H24F6N6O/c1-13-17(25)11-15(20(32-13)35-7-3-23(27,28)4-8-35)22(37)34-19-16(12-31)21(33-14(2)18(19)26)36-9-5-24(29,30)6-10-36/h11H,3-10H2,1-2H3,(H,33,34,37). The third kappa shape index (κ3) is 5.42. The van der Waals surface area contributed by atoms with Crippen molar-refractivity contribution in [3.63, 3.8) is 0 Å². The van der Waals surface area contributed by atoms with Gasteiger partial charge in [0, 0.05) is 51.9 Å². The van der Waals surface area contributed by atoms with Gasteiger partial charge in [0.25, 0.3) is 17.8 Å². The Morgan fingerprint density at radius 1 is 0.919 bits per heavy atom. The van der Waals surface area contributed by atoms with Gasteiger partial charge in [-0.3, -0.25) is 4.79 Å². The summed E-state index contributed by atoms with van der Waals surface area (Å²) in [6.07, 6.45) is -1.93. The Hall–Kier alpha value is -3.56. The van der Waals surface area contributed by atoms with Crippen LogP contribution in [0.1, 0.15) is 53.0 Å². The summed E-state index contributed by atoms with van der Waals surface area (Å²) < 4.78 is 84.2. The summed E-state index contributed by atoms with van der Waals surface area (Å²) in [4.78, 5) is 24.3. The Kier molecular flexibility index (Phi) is 6.96. The molecule has 2 fully saturated rings. The minimum absolute atomic E-state index is 0.0462. The highest BCUT2D eigenvalue weighted by atomic mass is 19.3. The van der Waals surface area contributed by atoms with Crippen molar-refractivity contribution in [2.45, 2.75) is 51.4 Å². The first-order valence-corrected chi connectivity index (χ1v) is 11.7. The number of nitrogens with one attached hydrogen (secondary N) is 1. The molecule has 198 valence electrons. The molecule has 2 saturated heterocycles. The second kappa shape index (κ2) is 9.72. The van der Waals surface area contributed by atoms with Crippen LogP contribution in [-0.2, 0) is 0 Å². The predicted molar refractivity (Wildman–Crippen MR) is 123 cm³/mol. The lowest BCUT2D eigenvalue weighted by Gasteiger charge is -2.34. The number of anilines is 3. The molecule has 7 nitrogen and oxygen atoms in total. The smallest absolute Gasteiger partial charge is 0.259 e. The van der Waals surface area contributed by atoms with E-state index in [1.165, 1.54) is 23.6 Å². The number of aryl methyl sites for hydroxylation is 2. The summed E-state index contributed by atoms with van der Waals surface area (Å²) in [6, 6.07) is 2.67. The molecular formula is C24H24F6N6O. The zero-order chi connectivity index (χ0) is 27.1. The van der Waals surface area contributed by atoms with Crippen LogP contribution in [0.25, 0.3) is 0 Å². The minimum Gasteiger partial charge on any atom is -0.355 e. The van der Waals surface area contributed by atoms with Crippen LogP contribution >= 0.6 is 0 Å². The first kappa shape index (κ1) is 26.5. The van der Waals surface area contributed by atoms with Crippen LogP contribution in [0.4, 0.5) is 43.7 Å². The van der Waals surface area contributed by atoms with Crippen molar-refractivity contribution in [1.82, 2.24) is 9.97 Å². The number of aromatic nitrogens is 2. The van der Waals surface area contributed by atoms with Gasteiger partial charge in [-0.15, -0.1) is 0 Å². The SMILES string of the molecule is Cc1nc(N2CCC(F)(F)CC2)c(C(=O)Nc2c(F)c(C)nc(N3CCC(F)(F)CC3)c2C#N)cc1F. The maximum absolute atomic E-state index is 15.1. The topological polar surface area (TPSA) is 85.2 Å². The molecule has 2 aliphatic heterocycles. The number of hydrogen-bond acceptors (Lipinski definition) is 6. The number of pyridine rings is 2. The molecule has 0 radical (unpaired) electrons. The van der Waals surface area contributed by atoms with Gasteiger partial charge in [-0.25, -0.2) is 36.3 Å². The fourth-order valence-electron chi connectivity index (χ4n) is 4.37. The second-order valence-electron chi connectivity index (χ2n) is 9.26. The Morgan fingerprint density at radius 2 is 1.41 bits per heavy atom. The van der Waals surface area contributed by atoms with Crippen LogP contribution in [0.5, 0.6) is 0 Å². The lowest BCUT2D eigenvalue weighted by Crippen LogP contribution is -2.41. The molecule has 1 amide bonds. The van der Waals surface area contributed by atoms with Crippen molar-refractivity contribution in [3.8, 4) is 6.07 Å². The number of amides is 1. The number of rotatable bonds is 4. The van der Waals surface area contributed by atoms with Gasteiger partial charge in [0.05, 0.1) is 17.0 Å². The molecule has 2 aliphatic rings. The zero-order valence-corrected chi connectivity index (χ0v) is 20.1. The molecule has 0 spiro atoms. The summed E-state index contributed by atoms with van der Waals surface area (Å²) in [7, 11) is 0. The second-order valence-corrected chi connectivity index (χ2v) is 9.26. The van der Waals surface area contributed by atoms with E-state index in [2.05, 4.69) is 15.3 Å². The van der Waals surface area contributed by atoms with Gasteiger partial charge in [-0.05, 0) is 19.9 Å². The number of nitriles is 1. The molecule has 37 heavy (non-hydrogen) atoms. The largest absolute Gasteiger partial charge is 0.355 e. The molecule has 2 aromatic rings. The summed E-state index contributed by atoms with van der Waals surface area (Å²) in [5, 5.41) is 12.1. The monoisotopic (exact) mass is 526 g/mol. The van der Waals surface area contributed by atoms with Crippen LogP contribution in [0, 0.1) is 36.8 Å². The van der Waals surface area contributed by atoms with Crippen molar-refractivity contribution < 1.29 is 31.1 Å². The Bertz CT molecular complexity index is 1260. The van der Waals surface area contributed by atoms with Crippen molar-refractivity contribution in [2.24, 2.45) is 0 Å². The fraction of sp³-hybridized carbons (Fsp3) is 0.500. The van der Waals surface area contributed by atoms with E-state index in [0.29, 0.717) is 0 Å². The highest BCUT2D eigenvalue weighted by Gasteiger charge is 2.37.